The van der Waals surface area contributed by atoms with Crippen LogP contribution in [0.15, 0.2) is 24.3 Å². The SMILES string of the molecule is CCC(N)C(CC)(CC(=O)OC)c1ccc(F)cc1. The molecule has 0 aliphatic heterocycles. The van der Waals surface area contributed by atoms with Crippen LogP contribution < -0.4 is 5.73 Å². The molecule has 1 aromatic rings. The predicted molar refractivity (Wildman–Crippen MR) is 73.3 cm³/mol. The molecule has 19 heavy (non-hydrogen) atoms. The summed E-state index contributed by atoms with van der Waals surface area (Å²) in [5.41, 5.74) is 6.62. The average Bonchev–Trinajstić information content (AvgIpc) is 2.44. The number of carbonyl (C=O) groups excluding carboxylic acids is 1. The minimum atomic E-state index is -0.504. The zero-order chi connectivity index (χ0) is 14.5. The number of carbonyl (C=O) groups is 1. The van der Waals surface area contributed by atoms with Crippen LogP contribution in [-0.4, -0.2) is 19.1 Å². The Morgan fingerprint density at radius 3 is 2.37 bits per heavy atom. The summed E-state index contributed by atoms with van der Waals surface area (Å²) in [4.78, 5) is 11.7. The van der Waals surface area contributed by atoms with Crippen molar-refractivity contribution in [3.8, 4) is 0 Å². The van der Waals surface area contributed by atoms with Gasteiger partial charge in [-0.1, -0.05) is 26.0 Å². The van der Waals surface area contributed by atoms with Crippen LogP contribution in [0.2, 0.25) is 0 Å². The minimum Gasteiger partial charge on any atom is -0.469 e. The molecule has 2 atom stereocenters. The van der Waals surface area contributed by atoms with Gasteiger partial charge in [0, 0.05) is 11.5 Å². The molecular weight excluding hydrogens is 245 g/mol. The number of ether oxygens (including phenoxy) is 1. The third kappa shape index (κ3) is 3.32. The lowest BCUT2D eigenvalue weighted by Gasteiger charge is -2.37. The van der Waals surface area contributed by atoms with Gasteiger partial charge in [-0.25, -0.2) is 4.39 Å². The van der Waals surface area contributed by atoms with Gasteiger partial charge in [-0.2, -0.15) is 0 Å². The van der Waals surface area contributed by atoms with Gasteiger partial charge in [0.2, 0.25) is 0 Å². The Bertz CT molecular complexity index is 419. The molecule has 2 unspecified atom stereocenters. The van der Waals surface area contributed by atoms with Gasteiger partial charge < -0.3 is 10.5 Å². The fraction of sp³-hybridized carbons (Fsp3) is 0.533. The highest BCUT2D eigenvalue weighted by atomic mass is 19.1. The molecule has 0 aliphatic carbocycles. The van der Waals surface area contributed by atoms with E-state index in [1.807, 2.05) is 13.8 Å². The van der Waals surface area contributed by atoms with Crippen LogP contribution in [0.25, 0.3) is 0 Å². The summed E-state index contributed by atoms with van der Waals surface area (Å²) < 4.78 is 17.8. The van der Waals surface area contributed by atoms with E-state index in [-0.39, 0.29) is 24.2 Å². The molecule has 0 saturated carbocycles. The summed E-state index contributed by atoms with van der Waals surface area (Å²) in [5.74, 6) is -0.591. The monoisotopic (exact) mass is 267 g/mol. The van der Waals surface area contributed by atoms with E-state index < -0.39 is 5.41 Å². The lowest BCUT2D eigenvalue weighted by molar-refractivity contribution is -0.142. The largest absolute Gasteiger partial charge is 0.469 e. The maximum absolute atomic E-state index is 13.1. The first-order valence-corrected chi connectivity index (χ1v) is 6.58. The predicted octanol–water partition coefficient (Wildman–Crippen LogP) is 2.77. The molecule has 0 fully saturated rings. The maximum Gasteiger partial charge on any atom is 0.306 e. The second-order valence-corrected chi connectivity index (χ2v) is 4.78. The molecular formula is C15H22FNO2. The zero-order valence-corrected chi connectivity index (χ0v) is 11.8. The molecule has 0 aromatic heterocycles. The van der Waals surface area contributed by atoms with E-state index in [0.717, 1.165) is 12.0 Å². The van der Waals surface area contributed by atoms with Crippen LogP contribution >= 0.6 is 0 Å². The van der Waals surface area contributed by atoms with E-state index in [1.54, 1.807) is 12.1 Å². The van der Waals surface area contributed by atoms with E-state index >= 15 is 0 Å². The Morgan fingerprint density at radius 1 is 1.37 bits per heavy atom. The van der Waals surface area contributed by atoms with Gasteiger partial charge in [-0.05, 0) is 30.5 Å². The van der Waals surface area contributed by atoms with Gasteiger partial charge in [-0.3, -0.25) is 4.79 Å². The Kier molecular flexibility index (Phi) is 5.48. The Balaban J connectivity index is 3.22. The minimum absolute atomic E-state index is 0.179. The molecule has 0 amide bonds. The normalized spacial score (nSPS) is 15.6. The molecule has 0 radical (unpaired) electrons. The topological polar surface area (TPSA) is 52.3 Å². The third-order valence-corrected chi connectivity index (χ3v) is 3.89. The van der Waals surface area contributed by atoms with E-state index in [2.05, 4.69) is 0 Å². The molecule has 1 aromatic carbocycles. The van der Waals surface area contributed by atoms with Crippen molar-refractivity contribution in [1.29, 1.82) is 0 Å². The number of halogens is 1. The number of nitrogens with two attached hydrogens (primary N) is 1. The standard InChI is InChI=1S/C15H22FNO2/c1-4-13(17)15(5-2,10-14(18)19-3)11-6-8-12(16)9-7-11/h6-9,13H,4-5,10,17H2,1-3H3. The molecule has 106 valence electrons. The van der Waals surface area contributed by atoms with Gasteiger partial charge >= 0.3 is 5.97 Å². The summed E-state index contributed by atoms with van der Waals surface area (Å²) >= 11 is 0. The molecule has 0 saturated heterocycles. The summed E-state index contributed by atoms with van der Waals surface area (Å²) in [6, 6.07) is 6.04. The Labute approximate surface area is 113 Å². The van der Waals surface area contributed by atoms with E-state index in [1.165, 1.54) is 19.2 Å². The van der Waals surface area contributed by atoms with Crippen LogP contribution in [0.3, 0.4) is 0 Å². The van der Waals surface area contributed by atoms with Gasteiger partial charge in [0.1, 0.15) is 5.82 Å². The lowest BCUT2D eigenvalue weighted by Crippen LogP contribution is -2.46. The number of esters is 1. The summed E-state index contributed by atoms with van der Waals surface area (Å²) in [6.45, 7) is 3.97. The third-order valence-electron chi connectivity index (χ3n) is 3.89. The molecule has 0 bridgehead atoms. The summed E-state index contributed by atoms with van der Waals surface area (Å²) in [6.07, 6.45) is 1.64. The molecule has 0 heterocycles. The fourth-order valence-corrected chi connectivity index (χ4v) is 2.54. The Morgan fingerprint density at radius 2 is 1.95 bits per heavy atom. The van der Waals surface area contributed by atoms with Gasteiger partial charge in [-0.15, -0.1) is 0 Å². The Hall–Kier alpha value is -1.42. The molecule has 0 spiro atoms. The summed E-state index contributed by atoms with van der Waals surface area (Å²) in [5, 5.41) is 0. The quantitative estimate of drug-likeness (QED) is 0.806. The van der Waals surface area contributed by atoms with Crippen molar-refractivity contribution < 1.29 is 13.9 Å². The van der Waals surface area contributed by atoms with E-state index in [4.69, 9.17) is 10.5 Å². The van der Waals surface area contributed by atoms with Crippen molar-refractivity contribution in [1.82, 2.24) is 0 Å². The number of methoxy groups -OCH3 is 1. The number of hydrogen-bond acceptors (Lipinski definition) is 3. The second-order valence-electron chi connectivity index (χ2n) is 4.78. The molecule has 3 nitrogen and oxygen atoms in total. The average molecular weight is 267 g/mol. The number of benzene rings is 1. The highest BCUT2D eigenvalue weighted by Crippen LogP contribution is 2.36. The maximum atomic E-state index is 13.1. The van der Waals surface area contributed by atoms with Crippen molar-refractivity contribution in [2.24, 2.45) is 5.73 Å². The van der Waals surface area contributed by atoms with Gasteiger partial charge in [0.15, 0.2) is 0 Å². The molecule has 4 heteroatoms. The smallest absolute Gasteiger partial charge is 0.306 e. The van der Waals surface area contributed by atoms with E-state index in [9.17, 15) is 9.18 Å². The van der Waals surface area contributed by atoms with Gasteiger partial charge in [0.05, 0.1) is 13.5 Å². The first kappa shape index (κ1) is 15.6. The fourth-order valence-electron chi connectivity index (χ4n) is 2.54. The summed E-state index contributed by atoms with van der Waals surface area (Å²) in [7, 11) is 1.37. The first-order chi connectivity index (χ1) is 9.00. The lowest BCUT2D eigenvalue weighted by atomic mass is 9.69. The van der Waals surface area contributed by atoms with Crippen molar-refractivity contribution >= 4 is 5.97 Å². The molecule has 2 N–H and O–H groups in total. The first-order valence-electron chi connectivity index (χ1n) is 6.58. The van der Waals surface area contributed by atoms with Crippen molar-refractivity contribution in [3.05, 3.63) is 35.6 Å². The van der Waals surface area contributed by atoms with E-state index in [0.29, 0.717) is 6.42 Å². The van der Waals surface area contributed by atoms with Crippen LogP contribution in [0, 0.1) is 5.82 Å². The highest BCUT2D eigenvalue weighted by molar-refractivity contribution is 5.71. The van der Waals surface area contributed by atoms with Crippen molar-refractivity contribution in [2.45, 2.75) is 44.6 Å². The highest BCUT2D eigenvalue weighted by Gasteiger charge is 2.38. The van der Waals surface area contributed by atoms with Crippen LogP contribution in [0.5, 0.6) is 0 Å². The number of rotatable bonds is 6. The van der Waals surface area contributed by atoms with Crippen LogP contribution in [0.4, 0.5) is 4.39 Å². The molecule has 1 rings (SSSR count). The van der Waals surface area contributed by atoms with Gasteiger partial charge in [0.25, 0.3) is 0 Å². The second kappa shape index (κ2) is 6.66. The van der Waals surface area contributed by atoms with Crippen molar-refractivity contribution in [3.63, 3.8) is 0 Å². The van der Waals surface area contributed by atoms with Crippen molar-refractivity contribution in [2.75, 3.05) is 7.11 Å². The molecule has 0 aliphatic rings. The van der Waals surface area contributed by atoms with Crippen LogP contribution in [-0.2, 0) is 14.9 Å². The number of hydrogen-bond donors (Lipinski definition) is 1. The zero-order valence-electron chi connectivity index (χ0n) is 11.8. The van der Waals surface area contributed by atoms with Crippen LogP contribution in [0.1, 0.15) is 38.7 Å².